The van der Waals surface area contributed by atoms with Crippen LogP contribution < -0.4 is 5.32 Å². The number of hydrogen-bond donors (Lipinski definition) is 1. The van der Waals surface area contributed by atoms with E-state index in [0.717, 1.165) is 11.6 Å². The zero-order valence-corrected chi connectivity index (χ0v) is 13.0. The van der Waals surface area contributed by atoms with Crippen LogP contribution in [0.1, 0.15) is 11.1 Å². The zero-order chi connectivity index (χ0) is 15.4. The molecule has 0 radical (unpaired) electrons. The van der Waals surface area contributed by atoms with Gasteiger partial charge in [-0.3, -0.25) is 0 Å². The lowest BCUT2D eigenvalue weighted by molar-refractivity contribution is 0.543. The lowest BCUT2D eigenvalue weighted by Gasteiger charge is -2.17. The molecule has 1 unspecified atom stereocenters. The molecule has 0 aliphatic heterocycles. The Balaban J connectivity index is 2.14. The molecule has 21 heavy (non-hydrogen) atoms. The van der Waals surface area contributed by atoms with Crippen LogP contribution >= 0.6 is 23.2 Å². The van der Waals surface area contributed by atoms with E-state index in [2.05, 4.69) is 5.32 Å². The first-order valence-electron chi connectivity index (χ1n) is 6.54. The molecule has 0 heterocycles. The third-order valence-corrected chi connectivity index (χ3v) is 3.89. The fourth-order valence-corrected chi connectivity index (χ4v) is 2.64. The predicted octanol–water partition coefficient (Wildman–Crippen LogP) is 4.64. The molecule has 0 amide bonds. The molecular formula is C16H15Cl2F2N. The van der Waals surface area contributed by atoms with E-state index < -0.39 is 11.6 Å². The molecule has 1 N–H and O–H groups in total. The maximum atomic E-state index is 13.2. The fourth-order valence-electron chi connectivity index (χ4n) is 2.25. The summed E-state index contributed by atoms with van der Waals surface area (Å²) < 4.78 is 26.5. The highest BCUT2D eigenvalue weighted by atomic mass is 35.5. The summed E-state index contributed by atoms with van der Waals surface area (Å²) in [4.78, 5) is 0. The van der Waals surface area contributed by atoms with Crippen LogP contribution in [0.15, 0.2) is 36.4 Å². The standard InChI is InChI=1S/C16H15Cl2F2N/c1-21-15(6-10-4-13(19)9-14(20)5-10)8-11-7-12(17)2-3-16(11)18/h2-5,7,9,15,21H,6,8H2,1H3. The molecule has 0 saturated carbocycles. The smallest absolute Gasteiger partial charge is 0.126 e. The van der Waals surface area contributed by atoms with Gasteiger partial charge in [0.2, 0.25) is 0 Å². The third-order valence-electron chi connectivity index (χ3n) is 3.29. The third kappa shape index (κ3) is 4.67. The lowest BCUT2D eigenvalue weighted by atomic mass is 9.99. The van der Waals surface area contributed by atoms with E-state index in [-0.39, 0.29) is 6.04 Å². The Hall–Kier alpha value is -1.16. The number of nitrogens with one attached hydrogen (secondary N) is 1. The first-order valence-corrected chi connectivity index (χ1v) is 7.29. The van der Waals surface area contributed by atoms with Crippen molar-refractivity contribution in [2.24, 2.45) is 0 Å². The highest BCUT2D eigenvalue weighted by Crippen LogP contribution is 2.23. The predicted molar refractivity (Wildman–Crippen MR) is 83.1 cm³/mol. The molecule has 112 valence electrons. The summed E-state index contributed by atoms with van der Waals surface area (Å²) in [6.45, 7) is 0. The van der Waals surface area contributed by atoms with E-state index in [1.54, 1.807) is 25.2 Å². The van der Waals surface area contributed by atoms with Crippen LogP contribution in [-0.2, 0) is 12.8 Å². The van der Waals surface area contributed by atoms with Crippen LogP contribution in [0.3, 0.4) is 0 Å². The Morgan fingerprint density at radius 1 is 1.00 bits per heavy atom. The Labute approximate surface area is 132 Å². The molecule has 0 aliphatic rings. The van der Waals surface area contributed by atoms with Gasteiger partial charge in [0.05, 0.1) is 0 Å². The highest BCUT2D eigenvalue weighted by molar-refractivity contribution is 6.33. The fraction of sp³-hybridized carbons (Fsp3) is 0.250. The molecule has 0 saturated heterocycles. The van der Waals surface area contributed by atoms with Crippen LogP contribution in [0.5, 0.6) is 0 Å². The number of likely N-dealkylation sites (N-methyl/N-ethyl adjacent to an activating group) is 1. The Morgan fingerprint density at radius 2 is 1.67 bits per heavy atom. The summed E-state index contributed by atoms with van der Waals surface area (Å²) >= 11 is 12.1. The lowest BCUT2D eigenvalue weighted by Crippen LogP contribution is -2.30. The van der Waals surface area contributed by atoms with Crippen molar-refractivity contribution in [2.75, 3.05) is 7.05 Å². The molecule has 0 aromatic heterocycles. The highest BCUT2D eigenvalue weighted by Gasteiger charge is 2.12. The summed E-state index contributed by atoms with van der Waals surface area (Å²) in [5, 5.41) is 4.38. The van der Waals surface area contributed by atoms with E-state index in [0.29, 0.717) is 28.5 Å². The van der Waals surface area contributed by atoms with Crippen molar-refractivity contribution in [3.63, 3.8) is 0 Å². The molecule has 1 atom stereocenters. The quantitative estimate of drug-likeness (QED) is 0.842. The van der Waals surface area contributed by atoms with Crippen LogP contribution in [0, 0.1) is 11.6 Å². The number of benzene rings is 2. The second-order valence-electron chi connectivity index (χ2n) is 4.91. The summed E-state index contributed by atoms with van der Waals surface area (Å²) in [7, 11) is 1.80. The summed E-state index contributed by atoms with van der Waals surface area (Å²) in [6.07, 6.45) is 1.11. The van der Waals surface area contributed by atoms with Gasteiger partial charge in [0.25, 0.3) is 0 Å². The minimum absolute atomic E-state index is 0.00201. The van der Waals surface area contributed by atoms with Crippen molar-refractivity contribution in [1.82, 2.24) is 5.32 Å². The first-order chi connectivity index (χ1) is 9.97. The summed E-state index contributed by atoms with van der Waals surface area (Å²) in [6, 6.07) is 8.83. The van der Waals surface area contributed by atoms with E-state index in [1.165, 1.54) is 12.1 Å². The molecule has 0 spiro atoms. The van der Waals surface area contributed by atoms with Crippen molar-refractivity contribution < 1.29 is 8.78 Å². The topological polar surface area (TPSA) is 12.0 Å². The molecule has 1 nitrogen and oxygen atoms in total. The van der Waals surface area contributed by atoms with E-state index >= 15 is 0 Å². The zero-order valence-electron chi connectivity index (χ0n) is 11.5. The van der Waals surface area contributed by atoms with Gasteiger partial charge in [-0.05, 0) is 61.3 Å². The number of halogens is 4. The van der Waals surface area contributed by atoms with Gasteiger partial charge in [-0.25, -0.2) is 8.78 Å². The molecule has 5 heteroatoms. The number of hydrogen-bond acceptors (Lipinski definition) is 1. The monoisotopic (exact) mass is 329 g/mol. The maximum Gasteiger partial charge on any atom is 0.126 e. The largest absolute Gasteiger partial charge is 0.316 e. The molecule has 2 aromatic carbocycles. The normalized spacial score (nSPS) is 12.4. The van der Waals surface area contributed by atoms with Crippen molar-refractivity contribution in [2.45, 2.75) is 18.9 Å². The average molecular weight is 330 g/mol. The van der Waals surface area contributed by atoms with Crippen LogP contribution in [0.2, 0.25) is 10.0 Å². The van der Waals surface area contributed by atoms with E-state index in [9.17, 15) is 8.78 Å². The number of rotatable bonds is 5. The minimum atomic E-state index is -0.569. The van der Waals surface area contributed by atoms with Gasteiger partial charge in [0.15, 0.2) is 0 Å². The van der Waals surface area contributed by atoms with E-state index in [4.69, 9.17) is 23.2 Å². The van der Waals surface area contributed by atoms with Gasteiger partial charge in [-0.1, -0.05) is 23.2 Å². The van der Waals surface area contributed by atoms with Gasteiger partial charge in [-0.15, -0.1) is 0 Å². The Morgan fingerprint density at radius 3 is 2.29 bits per heavy atom. The van der Waals surface area contributed by atoms with Crippen molar-refractivity contribution in [3.8, 4) is 0 Å². The molecule has 2 rings (SSSR count). The first kappa shape index (κ1) is 16.2. The molecular weight excluding hydrogens is 315 g/mol. The maximum absolute atomic E-state index is 13.2. The molecule has 2 aromatic rings. The Kier molecular flexibility index (Phi) is 5.57. The molecule has 0 bridgehead atoms. The van der Waals surface area contributed by atoms with Crippen LogP contribution in [0.4, 0.5) is 8.78 Å². The van der Waals surface area contributed by atoms with E-state index in [1.807, 2.05) is 0 Å². The van der Waals surface area contributed by atoms with Crippen LogP contribution in [0.25, 0.3) is 0 Å². The van der Waals surface area contributed by atoms with Gasteiger partial charge >= 0.3 is 0 Å². The van der Waals surface area contributed by atoms with Gasteiger partial charge in [-0.2, -0.15) is 0 Å². The molecule has 0 fully saturated rings. The van der Waals surface area contributed by atoms with Gasteiger partial charge in [0, 0.05) is 22.2 Å². The SMILES string of the molecule is CNC(Cc1cc(F)cc(F)c1)Cc1cc(Cl)ccc1Cl. The molecule has 0 aliphatic carbocycles. The van der Waals surface area contributed by atoms with Crippen molar-refractivity contribution >= 4 is 23.2 Å². The average Bonchev–Trinajstić information content (AvgIpc) is 2.41. The summed E-state index contributed by atoms with van der Waals surface area (Å²) in [5.41, 5.74) is 1.50. The second kappa shape index (κ2) is 7.21. The van der Waals surface area contributed by atoms with Gasteiger partial charge < -0.3 is 5.32 Å². The van der Waals surface area contributed by atoms with Crippen molar-refractivity contribution in [1.29, 1.82) is 0 Å². The van der Waals surface area contributed by atoms with Crippen LogP contribution in [-0.4, -0.2) is 13.1 Å². The minimum Gasteiger partial charge on any atom is -0.316 e. The van der Waals surface area contributed by atoms with Crippen molar-refractivity contribution in [3.05, 3.63) is 69.2 Å². The van der Waals surface area contributed by atoms with Gasteiger partial charge in [0.1, 0.15) is 11.6 Å². The Bertz CT molecular complexity index is 611. The second-order valence-corrected chi connectivity index (χ2v) is 5.75. The summed E-state index contributed by atoms with van der Waals surface area (Å²) in [5.74, 6) is -1.14.